The van der Waals surface area contributed by atoms with Crippen LogP contribution in [0.2, 0.25) is 0 Å². The number of urea groups is 1. The summed E-state index contributed by atoms with van der Waals surface area (Å²) in [4.78, 5) is 24.3. The molecule has 0 spiro atoms. The number of hydrazine groups is 1. The van der Waals surface area contributed by atoms with Crippen molar-refractivity contribution in [3.05, 3.63) is 59.7 Å². The summed E-state index contributed by atoms with van der Waals surface area (Å²) >= 11 is 0. The minimum absolute atomic E-state index is 0.0956. The number of rotatable bonds is 4. The van der Waals surface area contributed by atoms with Gasteiger partial charge in [0.25, 0.3) is 5.91 Å². The fraction of sp³-hybridized carbons (Fsp3) is 0.417. The summed E-state index contributed by atoms with van der Waals surface area (Å²) in [5.74, 6) is 2.04. The number of carbonyl (C=O) groups is 2. The molecule has 0 saturated heterocycles. The van der Waals surface area contributed by atoms with Crippen molar-refractivity contribution in [1.29, 1.82) is 0 Å². The zero-order valence-corrected chi connectivity index (χ0v) is 19.0. The Labute approximate surface area is 193 Å². The lowest BCUT2D eigenvalue weighted by Crippen LogP contribution is -2.48. The lowest BCUT2D eigenvalue weighted by atomic mass is 9.48. The van der Waals surface area contributed by atoms with E-state index in [9.17, 15) is 18.0 Å². The Morgan fingerprint density at radius 1 is 0.818 bits per heavy atom. The fourth-order valence-electron chi connectivity index (χ4n) is 6.52. The first-order valence-corrected chi connectivity index (χ1v) is 12.9. The molecule has 3 amide bonds. The number of nitrogens with two attached hydrogens (primary N) is 1. The Morgan fingerprint density at radius 2 is 1.36 bits per heavy atom. The monoisotopic (exact) mass is 468 g/mol. The maximum Gasteiger partial charge on any atom is 0.337 e. The second kappa shape index (κ2) is 8.14. The third kappa shape index (κ3) is 4.47. The summed E-state index contributed by atoms with van der Waals surface area (Å²) in [5, 5.41) is 7.76. The lowest BCUT2D eigenvalue weighted by molar-refractivity contribution is -0.00518. The number of primary sulfonamides is 1. The van der Waals surface area contributed by atoms with Crippen LogP contribution in [0.4, 0.5) is 10.5 Å². The summed E-state index contributed by atoms with van der Waals surface area (Å²) in [6.07, 6.45) is 8.08. The molecule has 9 heteroatoms. The average molecular weight is 469 g/mol. The van der Waals surface area contributed by atoms with Gasteiger partial charge in [0.1, 0.15) is 0 Å². The maximum absolute atomic E-state index is 12.2. The molecule has 0 heterocycles. The zero-order chi connectivity index (χ0) is 23.2. The first-order chi connectivity index (χ1) is 15.7. The number of nitrogens with one attached hydrogen (secondary N) is 3. The van der Waals surface area contributed by atoms with Crippen molar-refractivity contribution < 1.29 is 18.0 Å². The van der Waals surface area contributed by atoms with E-state index in [1.807, 2.05) is 12.1 Å². The molecule has 0 atom stereocenters. The van der Waals surface area contributed by atoms with Crippen LogP contribution in [0.1, 0.15) is 54.4 Å². The molecule has 2 aromatic carbocycles. The van der Waals surface area contributed by atoms with Crippen LogP contribution in [0.3, 0.4) is 0 Å². The zero-order valence-electron chi connectivity index (χ0n) is 18.2. The van der Waals surface area contributed by atoms with E-state index in [1.54, 1.807) is 0 Å². The Bertz CT molecular complexity index is 1140. The summed E-state index contributed by atoms with van der Waals surface area (Å²) in [5.41, 5.74) is 7.12. The number of amides is 3. The van der Waals surface area contributed by atoms with Gasteiger partial charge in [-0.25, -0.2) is 23.8 Å². The van der Waals surface area contributed by atoms with E-state index in [-0.39, 0.29) is 10.5 Å². The van der Waals surface area contributed by atoms with Gasteiger partial charge in [-0.2, -0.15) is 0 Å². The van der Waals surface area contributed by atoms with Crippen LogP contribution >= 0.6 is 0 Å². The molecule has 174 valence electrons. The van der Waals surface area contributed by atoms with Crippen LogP contribution < -0.4 is 21.3 Å². The molecule has 0 aromatic heterocycles. The molecule has 2 aromatic rings. The van der Waals surface area contributed by atoms with E-state index in [0.717, 1.165) is 17.8 Å². The highest BCUT2D eigenvalue weighted by atomic mass is 32.2. The molecule has 4 bridgehead atoms. The van der Waals surface area contributed by atoms with E-state index in [1.165, 1.54) is 68.4 Å². The molecule has 4 fully saturated rings. The maximum atomic E-state index is 12.2. The van der Waals surface area contributed by atoms with Gasteiger partial charge in [-0.15, -0.1) is 0 Å². The molecule has 4 saturated carbocycles. The first kappa shape index (κ1) is 21.9. The van der Waals surface area contributed by atoms with E-state index >= 15 is 0 Å². The van der Waals surface area contributed by atoms with Crippen LogP contribution in [0.25, 0.3) is 0 Å². The highest BCUT2D eigenvalue weighted by molar-refractivity contribution is 7.89. The number of benzene rings is 2. The lowest BCUT2D eigenvalue weighted by Gasteiger charge is -2.57. The molecule has 8 nitrogen and oxygen atoms in total. The number of carbonyl (C=O) groups excluding carboxylic acids is 2. The molecule has 0 unspecified atom stereocenters. The number of anilines is 1. The first-order valence-electron chi connectivity index (χ1n) is 11.3. The second-order valence-corrected chi connectivity index (χ2v) is 11.4. The van der Waals surface area contributed by atoms with E-state index < -0.39 is 22.0 Å². The topological polar surface area (TPSA) is 130 Å². The van der Waals surface area contributed by atoms with Gasteiger partial charge in [0.2, 0.25) is 10.0 Å². The molecular weight excluding hydrogens is 440 g/mol. The van der Waals surface area contributed by atoms with Gasteiger partial charge in [0.15, 0.2) is 0 Å². The van der Waals surface area contributed by atoms with Crippen LogP contribution in [0.5, 0.6) is 0 Å². The molecule has 0 aliphatic heterocycles. The minimum Gasteiger partial charge on any atom is -0.307 e. The summed E-state index contributed by atoms with van der Waals surface area (Å²) in [6, 6.07) is 12.6. The number of hydrogen-bond donors (Lipinski definition) is 4. The van der Waals surface area contributed by atoms with Crippen molar-refractivity contribution in [3.8, 4) is 0 Å². The molecule has 4 aliphatic rings. The van der Waals surface area contributed by atoms with Gasteiger partial charge in [-0.3, -0.25) is 10.2 Å². The quantitative estimate of drug-likeness (QED) is 0.513. The van der Waals surface area contributed by atoms with E-state index in [0.29, 0.717) is 11.1 Å². The van der Waals surface area contributed by atoms with Crippen LogP contribution in [-0.4, -0.2) is 20.4 Å². The van der Waals surface area contributed by atoms with Gasteiger partial charge >= 0.3 is 6.03 Å². The molecule has 6 rings (SSSR count). The van der Waals surface area contributed by atoms with Crippen molar-refractivity contribution in [2.24, 2.45) is 22.9 Å². The summed E-state index contributed by atoms with van der Waals surface area (Å²) in [6.45, 7) is 0. The minimum atomic E-state index is -3.83. The largest absolute Gasteiger partial charge is 0.337 e. The van der Waals surface area contributed by atoms with Gasteiger partial charge in [0, 0.05) is 11.3 Å². The van der Waals surface area contributed by atoms with Crippen LogP contribution in [0, 0.1) is 17.8 Å². The average Bonchev–Trinajstić information content (AvgIpc) is 2.76. The normalized spacial score (nSPS) is 27.7. The predicted molar refractivity (Wildman–Crippen MR) is 124 cm³/mol. The number of hydrogen-bond acceptors (Lipinski definition) is 4. The van der Waals surface area contributed by atoms with E-state index in [4.69, 9.17) is 5.14 Å². The SMILES string of the molecule is NS(=O)(=O)c1ccc(C(=O)NNC(=O)Nc2ccc(C34CC5CC(CC(C5)C3)C4)cc2)cc1. The highest BCUT2D eigenvalue weighted by Crippen LogP contribution is 2.60. The van der Waals surface area contributed by atoms with Gasteiger partial charge in [-0.05, 0) is 104 Å². The molecular formula is C24H28N4O4S. The van der Waals surface area contributed by atoms with Crippen molar-refractivity contribution in [2.75, 3.05) is 5.32 Å². The standard InChI is InChI=1S/C24H28N4O4S/c25-33(31,32)21-7-1-18(2-8-21)22(29)27-28-23(30)26-20-5-3-19(4-6-20)24-12-15-9-16(13-24)11-17(10-15)14-24/h1-8,15-17H,9-14H2,(H,27,29)(H2,25,31,32)(H2,26,28,30). The smallest absolute Gasteiger partial charge is 0.307 e. The van der Waals surface area contributed by atoms with Crippen molar-refractivity contribution in [3.63, 3.8) is 0 Å². The van der Waals surface area contributed by atoms with Crippen LogP contribution in [0.15, 0.2) is 53.4 Å². The molecule has 33 heavy (non-hydrogen) atoms. The summed E-state index contributed by atoms with van der Waals surface area (Å²) in [7, 11) is -3.83. The molecule has 4 aliphatic carbocycles. The Kier molecular flexibility index (Phi) is 5.41. The highest BCUT2D eigenvalue weighted by Gasteiger charge is 2.51. The van der Waals surface area contributed by atoms with E-state index in [2.05, 4.69) is 28.3 Å². The van der Waals surface area contributed by atoms with Crippen molar-refractivity contribution in [1.82, 2.24) is 10.9 Å². The fourth-order valence-corrected chi connectivity index (χ4v) is 7.03. The third-order valence-electron chi connectivity index (χ3n) is 7.53. The Balaban J connectivity index is 1.16. The third-order valence-corrected chi connectivity index (χ3v) is 8.46. The number of sulfonamides is 1. The summed E-state index contributed by atoms with van der Waals surface area (Å²) < 4.78 is 22.6. The van der Waals surface area contributed by atoms with Crippen molar-refractivity contribution >= 4 is 27.6 Å². The Morgan fingerprint density at radius 3 is 1.88 bits per heavy atom. The van der Waals surface area contributed by atoms with Crippen molar-refractivity contribution in [2.45, 2.75) is 48.8 Å². The van der Waals surface area contributed by atoms with Gasteiger partial charge < -0.3 is 5.32 Å². The predicted octanol–water partition coefficient (Wildman–Crippen LogP) is 3.27. The van der Waals surface area contributed by atoms with Crippen LogP contribution in [-0.2, 0) is 15.4 Å². The molecule has 5 N–H and O–H groups in total. The second-order valence-electron chi connectivity index (χ2n) is 9.88. The van der Waals surface area contributed by atoms with Gasteiger partial charge in [0.05, 0.1) is 4.90 Å². The Hall–Kier alpha value is -2.91. The van der Waals surface area contributed by atoms with Gasteiger partial charge in [-0.1, -0.05) is 12.1 Å². The molecule has 0 radical (unpaired) electrons.